The summed E-state index contributed by atoms with van der Waals surface area (Å²) in [4.78, 5) is 11.7. The van der Waals surface area contributed by atoms with Crippen molar-refractivity contribution in [2.75, 3.05) is 18.4 Å². The Balaban J connectivity index is 1.68. The summed E-state index contributed by atoms with van der Waals surface area (Å²) in [5.74, 6) is -0.371. The molecule has 21 heavy (non-hydrogen) atoms. The third-order valence-corrected chi connectivity index (χ3v) is 3.13. The topological polar surface area (TPSA) is 41.1 Å². The molecule has 0 aliphatic rings. The minimum absolute atomic E-state index is 0.128. The van der Waals surface area contributed by atoms with Crippen LogP contribution in [0, 0.1) is 5.82 Å². The maximum absolute atomic E-state index is 12.7. The van der Waals surface area contributed by atoms with Crippen LogP contribution in [0.3, 0.4) is 0 Å². The van der Waals surface area contributed by atoms with E-state index in [4.69, 9.17) is 11.6 Å². The first-order chi connectivity index (χ1) is 10.1. The van der Waals surface area contributed by atoms with Crippen LogP contribution in [0.1, 0.15) is 5.56 Å². The Kier molecular flexibility index (Phi) is 5.72. The van der Waals surface area contributed by atoms with Crippen LogP contribution in [0.15, 0.2) is 48.5 Å². The molecule has 0 radical (unpaired) electrons. The van der Waals surface area contributed by atoms with E-state index in [9.17, 15) is 9.18 Å². The van der Waals surface area contributed by atoms with Crippen molar-refractivity contribution in [2.45, 2.75) is 6.42 Å². The Morgan fingerprint density at radius 2 is 1.90 bits per heavy atom. The molecule has 0 spiro atoms. The molecule has 0 fully saturated rings. The molecule has 0 atom stereocenters. The van der Waals surface area contributed by atoms with Gasteiger partial charge in [-0.25, -0.2) is 4.39 Å². The van der Waals surface area contributed by atoms with Gasteiger partial charge >= 0.3 is 0 Å². The van der Waals surface area contributed by atoms with Gasteiger partial charge < -0.3 is 10.6 Å². The quantitative estimate of drug-likeness (QED) is 0.804. The summed E-state index contributed by atoms with van der Waals surface area (Å²) in [5, 5.41) is 6.38. The summed E-state index contributed by atoms with van der Waals surface area (Å²) in [7, 11) is 0. The van der Waals surface area contributed by atoms with E-state index >= 15 is 0 Å². The van der Waals surface area contributed by atoms with E-state index in [0.717, 1.165) is 12.0 Å². The Hall–Kier alpha value is -1.91. The predicted octanol–water partition coefficient (Wildman–Crippen LogP) is 3.25. The monoisotopic (exact) mass is 306 g/mol. The molecule has 0 aliphatic heterocycles. The van der Waals surface area contributed by atoms with Gasteiger partial charge in [-0.3, -0.25) is 4.79 Å². The van der Waals surface area contributed by atoms with Crippen LogP contribution in [0.25, 0.3) is 0 Å². The number of carbonyl (C=O) groups is 1. The summed E-state index contributed by atoms with van der Waals surface area (Å²) in [6, 6.07) is 13.3. The molecule has 110 valence electrons. The molecule has 0 aliphatic carbocycles. The minimum atomic E-state index is -0.243. The van der Waals surface area contributed by atoms with E-state index in [0.29, 0.717) is 17.3 Å². The van der Waals surface area contributed by atoms with Crippen molar-refractivity contribution < 1.29 is 9.18 Å². The Morgan fingerprint density at radius 3 is 2.62 bits per heavy atom. The second-order valence-corrected chi connectivity index (χ2v) is 5.05. The molecule has 5 heteroatoms. The minimum Gasteiger partial charge on any atom is -0.325 e. The largest absolute Gasteiger partial charge is 0.325 e. The van der Waals surface area contributed by atoms with E-state index in [1.807, 2.05) is 0 Å². The van der Waals surface area contributed by atoms with Crippen molar-refractivity contribution >= 4 is 23.2 Å². The Morgan fingerprint density at radius 1 is 1.14 bits per heavy atom. The van der Waals surface area contributed by atoms with Gasteiger partial charge in [0.25, 0.3) is 0 Å². The highest BCUT2D eigenvalue weighted by molar-refractivity contribution is 6.30. The molecule has 0 aromatic heterocycles. The number of anilines is 1. The number of rotatable bonds is 6. The van der Waals surface area contributed by atoms with Gasteiger partial charge in [0.15, 0.2) is 0 Å². The average molecular weight is 307 g/mol. The zero-order chi connectivity index (χ0) is 15.1. The zero-order valence-electron chi connectivity index (χ0n) is 11.4. The van der Waals surface area contributed by atoms with Gasteiger partial charge in [0.2, 0.25) is 5.91 Å². The lowest BCUT2D eigenvalue weighted by atomic mass is 10.1. The number of hydrogen-bond acceptors (Lipinski definition) is 2. The van der Waals surface area contributed by atoms with Crippen molar-refractivity contribution in [3.63, 3.8) is 0 Å². The van der Waals surface area contributed by atoms with Crippen molar-refractivity contribution in [2.24, 2.45) is 0 Å². The first kappa shape index (κ1) is 15.5. The average Bonchev–Trinajstić information content (AvgIpc) is 2.45. The maximum Gasteiger partial charge on any atom is 0.238 e. The number of carbonyl (C=O) groups excluding carboxylic acids is 1. The van der Waals surface area contributed by atoms with Gasteiger partial charge in [0.1, 0.15) is 5.82 Å². The number of halogens is 2. The number of amides is 1. The van der Waals surface area contributed by atoms with Gasteiger partial charge in [-0.2, -0.15) is 0 Å². The Labute approximate surface area is 128 Å². The normalized spacial score (nSPS) is 10.4. The van der Waals surface area contributed by atoms with Gasteiger partial charge in [-0.05, 0) is 48.9 Å². The van der Waals surface area contributed by atoms with E-state index in [1.54, 1.807) is 36.4 Å². The van der Waals surface area contributed by atoms with E-state index < -0.39 is 0 Å². The van der Waals surface area contributed by atoms with Crippen LogP contribution in [0.2, 0.25) is 5.02 Å². The molecular formula is C16H16ClFN2O. The lowest BCUT2D eigenvalue weighted by Crippen LogP contribution is -2.29. The summed E-state index contributed by atoms with van der Waals surface area (Å²) in [6.45, 7) is 0.863. The van der Waals surface area contributed by atoms with E-state index in [2.05, 4.69) is 10.6 Å². The first-order valence-electron chi connectivity index (χ1n) is 6.64. The number of benzene rings is 2. The van der Waals surface area contributed by atoms with Gasteiger partial charge in [0, 0.05) is 10.7 Å². The highest BCUT2D eigenvalue weighted by atomic mass is 35.5. The lowest BCUT2D eigenvalue weighted by molar-refractivity contribution is -0.115. The van der Waals surface area contributed by atoms with Crippen LogP contribution >= 0.6 is 11.6 Å². The summed E-state index contributed by atoms with van der Waals surface area (Å²) in [5.41, 5.74) is 1.70. The van der Waals surface area contributed by atoms with Crippen LogP contribution < -0.4 is 10.6 Å². The molecule has 0 saturated carbocycles. The van der Waals surface area contributed by atoms with Crippen molar-refractivity contribution in [3.05, 3.63) is 64.9 Å². The third-order valence-electron chi connectivity index (χ3n) is 2.90. The van der Waals surface area contributed by atoms with Gasteiger partial charge in [-0.15, -0.1) is 0 Å². The molecule has 0 unspecified atom stereocenters. The summed E-state index contributed by atoms with van der Waals surface area (Å²) >= 11 is 5.84. The molecule has 0 saturated heterocycles. The molecule has 2 rings (SSSR count). The smallest absolute Gasteiger partial charge is 0.238 e. The second kappa shape index (κ2) is 7.76. The molecule has 2 aromatic rings. The van der Waals surface area contributed by atoms with E-state index in [1.165, 1.54) is 12.1 Å². The van der Waals surface area contributed by atoms with Crippen molar-refractivity contribution in [1.29, 1.82) is 0 Å². The predicted molar refractivity (Wildman–Crippen MR) is 83.1 cm³/mol. The number of hydrogen-bond donors (Lipinski definition) is 2. The molecular weight excluding hydrogens is 291 g/mol. The van der Waals surface area contributed by atoms with Crippen LogP contribution in [0.4, 0.5) is 10.1 Å². The summed E-state index contributed by atoms with van der Waals surface area (Å²) < 4.78 is 12.7. The fourth-order valence-electron chi connectivity index (χ4n) is 1.86. The first-order valence-corrected chi connectivity index (χ1v) is 7.02. The molecule has 0 bridgehead atoms. The molecule has 2 N–H and O–H groups in total. The van der Waals surface area contributed by atoms with Crippen LogP contribution in [-0.2, 0) is 11.2 Å². The van der Waals surface area contributed by atoms with Gasteiger partial charge in [0.05, 0.1) is 6.54 Å². The van der Waals surface area contributed by atoms with Crippen LogP contribution in [-0.4, -0.2) is 19.0 Å². The van der Waals surface area contributed by atoms with E-state index in [-0.39, 0.29) is 18.3 Å². The lowest BCUT2D eigenvalue weighted by Gasteiger charge is -2.07. The second-order valence-electron chi connectivity index (χ2n) is 4.61. The fourth-order valence-corrected chi connectivity index (χ4v) is 2.05. The Bertz CT molecular complexity index is 601. The SMILES string of the molecule is O=C(CNCCc1ccc(F)cc1)Nc1cccc(Cl)c1. The number of nitrogens with one attached hydrogen (secondary N) is 2. The highest BCUT2D eigenvalue weighted by Crippen LogP contribution is 2.14. The zero-order valence-corrected chi connectivity index (χ0v) is 12.2. The fraction of sp³-hybridized carbons (Fsp3) is 0.188. The molecule has 2 aromatic carbocycles. The molecule has 1 amide bonds. The third kappa shape index (κ3) is 5.53. The van der Waals surface area contributed by atoms with Crippen molar-refractivity contribution in [1.82, 2.24) is 5.32 Å². The standard InChI is InChI=1S/C16H16ClFN2O/c17-13-2-1-3-15(10-13)20-16(21)11-19-9-8-12-4-6-14(18)7-5-12/h1-7,10,19H,8-9,11H2,(H,20,21). The summed E-state index contributed by atoms with van der Waals surface area (Å²) in [6.07, 6.45) is 0.741. The molecule has 0 heterocycles. The van der Waals surface area contributed by atoms with Crippen LogP contribution in [0.5, 0.6) is 0 Å². The molecule has 3 nitrogen and oxygen atoms in total. The van der Waals surface area contributed by atoms with Gasteiger partial charge in [-0.1, -0.05) is 29.8 Å². The highest BCUT2D eigenvalue weighted by Gasteiger charge is 2.02. The maximum atomic E-state index is 12.7. The van der Waals surface area contributed by atoms with Crippen molar-refractivity contribution in [3.8, 4) is 0 Å².